The van der Waals surface area contributed by atoms with E-state index in [9.17, 15) is 4.79 Å². The van der Waals surface area contributed by atoms with Crippen molar-refractivity contribution in [3.8, 4) is 0 Å². The van der Waals surface area contributed by atoms with Crippen molar-refractivity contribution in [3.63, 3.8) is 0 Å². The number of nitrogens with two attached hydrogens (primary N) is 1. The maximum absolute atomic E-state index is 11.4. The molecular formula is C11H23N3O. The largest absolute Gasteiger partial charge is 0.368 e. The molecule has 88 valence electrons. The van der Waals surface area contributed by atoms with Gasteiger partial charge in [-0.3, -0.25) is 14.6 Å². The van der Waals surface area contributed by atoms with E-state index in [0.717, 1.165) is 19.6 Å². The number of hydrogen-bond donors (Lipinski definition) is 1. The second kappa shape index (κ2) is 4.94. The Kier molecular flexibility index (Phi) is 4.11. The van der Waals surface area contributed by atoms with Crippen molar-refractivity contribution in [1.82, 2.24) is 9.80 Å². The van der Waals surface area contributed by atoms with Gasteiger partial charge in [-0.05, 0) is 27.7 Å². The molecule has 0 spiro atoms. The Bertz CT molecular complexity index is 228. The zero-order valence-corrected chi connectivity index (χ0v) is 10.2. The Morgan fingerprint density at radius 2 is 1.80 bits per heavy atom. The number of piperazine rings is 1. The van der Waals surface area contributed by atoms with Crippen LogP contribution in [0.25, 0.3) is 0 Å². The van der Waals surface area contributed by atoms with Crippen LogP contribution >= 0.6 is 0 Å². The summed E-state index contributed by atoms with van der Waals surface area (Å²) in [6.07, 6.45) is 0. The molecule has 0 aliphatic carbocycles. The van der Waals surface area contributed by atoms with Crippen molar-refractivity contribution in [2.45, 2.75) is 45.8 Å². The topological polar surface area (TPSA) is 49.6 Å². The molecule has 1 aliphatic heterocycles. The van der Waals surface area contributed by atoms with Gasteiger partial charge in [-0.15, -0.1) is 0 Å². The van der Waals surface area contributed by atoms with Crippen molar-refractivity contribution in [2.75, 3.05) is 19.6 Å². The van der Waals surface area contributed by atoms with E-state index in [4.69, 9.17) is 5.73 Å². The molecule has 1 fully saturated rings. The van der Waals surface area contributed by atoms with E-state index < -0.39 is 0 Å². The first-order valence-corrected chi connectivity index (χ1v) is 5.72. The van der Waals surface area contributed by atoms with Gasteiger partial charge in [0.1, 0.15) is 6.04 Å². The summed E-state index contributed by atoms with van der Waals surface area (Å²) in [5.74, 6) is -0.200. The highest BCUT2D eigenvalue weighted by atomic mass is 16.1. The molecule has 0 aromatic rings. The molecule has 1 saturated heterocycles. The van der Waals surface area contributed by atoms with E-state index in [1.807, 2.05) is 0 Å². The Balaban J connectivity index is 2.69. The molecule has 1 rings (SSSR count). The number of carbonyl (C=O) groups is 1. The van der Waals surface area contributed by atoms with Gasteiger partial charge in [0, 0.05) is 31.7 Å². The predicted molar refractivity (Wildman–Crippen MR) is 61.5 cm³/mol. The summed E-state index contributed by atoms with van der Waals surface area (Å²) >= 11 is 0. The normalized spacial score (nSPS) is 25.1. The average Bonchev–Trinajstić information content (AvgIpc) is 2.16. The minimum atomic E-state index is -0.200. The van der Waals surface area contributed by atoms with Gasteiger partial charge >= 0.3 is 0 Å². The molecule has 1 atom stereocenters. The first kappa shape index (κ1) is 12.5. The third kappa shape index (κ3) is 2.92. The van der Waals surface area contributed by atoms with Crippen LogP contribution in [0.1, 0.15) is 27.7 Å². The minimum absolute atomic E-state index is 0.124. The Morgan fingerprint density at radius 1 is 1.20 bits per heavy atom. The molecule has 4 nitrogen and oxygen atoms in total. The molecule has 0 aromatic carbocycles. The number of primary amides is 1. The van der Waals surface area contributed by atoms with Crippen LogP contribution in [-0.2, 0) is 4.79 Å². The van der Waals surface area contributed by atoms with Gasteiger partial charge in [0.15, 0.2) is 0 Å². The highest BCUT2D eigenvalue weighted by Crippen LogP contribution is 2.14. The minimum Gasteiger partial charge on any atom is -0.368 e. The molecule has 1 heterocycles. The lowest BCUT2D eigenvalue weighted by molar-refractivity contribution is -0.127. The van der Waals surface area contributed by atoms with Gasteiger partial charge in [-0.1, -0.05) is 0 Å². The van der Waals surface area contributed by atoms with Gasteiger partial charge in [-0.2, -0.15) is 0 Å². The molecule has 1 amide bonds. The van der Waals surface area contributed by atoms with Crippen molar-refractivity contribution in [2.24, 2.45) is 5.73 Å². The SMILES string of the molecule is CC(C)N1CCN(C(C)C)C(C(N)=O)C1. The molecule has 0 radical (unpaired) electrons. The highest BCUT2D eigenvalue weighted by molar-refractivity contribution is 5.80. The molecule has 1 aliphatic rings. The van der Waals surface area contributed by atoms with E-state index in [1.165, 1.54) is 0 Å². The summed E-state index contributed by atoms with van der Waals surface area (Å²) in [5, 5.41) is 0. The lowest BCUT2D eigenvalue weighted by atomic mass is 10.1. The molecule has 0 aromatic heterocycles. The Morgan fingerprint density at radius 3 is 2.20 bits per heavy atom. The number of hydrogen-bond acceptors (Lipinski definition) is 3. The number of nitrogens with zero attached hydrogens (tertiary/aromatic N) is 2. The molecule has 0 bridgehead atoms. The summed E-state index contributed by atoms with van der Waals surface area (Å²) in [4.78, 5) is 15.9. The maximum atomic E-state index is 11.4. The monoisotopic (exact) mass is 213 g/mol. The Hall–Kier alpha value is -0.610. The van der Waals surface area contributed by atoms with E-state index in [1.54, 1.807) is 0 Å². The van der Waals surface area contributed by atoms with Gasteiger partial charge in [-0.25, -0.2) is 0 Å². The molecular weight excluding hydrogens is 190 g/mol. The van der Waals surface area contributed by atoms with Gasteiger partial charge < -0.3 is 5.73 Å². The average molecular weight is 213 g/mol. The highest BCUT2D eigenvalue weighted by Gasteiger charge is 2.32. The number of amides is 1. The van der Waals surface area contributed by atoms with Crippen LogP contribution in [0, 0.1) is 0 Å². The van der Waals surface area contributed by atoms with E-state index in [0.29, 0.717) is 12.1 Å². The van der Waals surface area contributed by atoms with Crippen molar-refractivity contribution < 1.29 is 4.79 Å². The smallest absolute Gasteiger partial charge is 0.236 e. The van der Waals surface area contributed by atoms with Gasteiger partial charge in [0.25, 0.3) is 0 Å². The van der Waals surface area contributed by atoms with E-state index in [2.05, 4.69) is 37.5 Å². The van der Waals surface area contributed by atoms with Crippen molar-refractivity contribution in [3.05, 3.63) is 0 Å². The summed E-state index contributed by atoms with van der Waals surface area (Å²) in [7, 11) is 0. The van der Waals surface area contributed by atoms with Crippen LogP contribution in [0.15, 0.2) is 0 Å². The molecule has 0 saturated carbocycles. The molecule has 15 heavy (non-hydrogen) atoms. The Labute approximate surface area is 92.4 Å². The quantitative estimate of drug-likeness (QED) is 0.732. The van der Waals surface area contributed by atoms with Crippen LogP contribution in [0.2, 0.25) is 0 Å². The van der Waals surface area contributed by atoms with E-state index >= 15 is 0 Å². The fraction of sp³-hybridized carbons (Fsp3) is 0.909. The standard InChI is InChI=1S/C11H23N3O/c1-8(2)13-5-6-14(9(3)4)10(7-13)11(12)15/h8-10H,5-7H2,1-4H3,(H2,12,15). The van der Waals surface area contributed by atoms with Gasteiger partial charge in [0.2, 0.25) is 5.91 Å². The summed E-state index contributed by atoms with van der Waals surface area (Å²) in [6.45, 7) is 11.3. The zero-order chi connectivity index (χ0) is 11.6. The van der Waals surface area contributed by atoms with Crippen molar-refractivity contribution >= 4 is 5.91 Å². The van der Waals surface area contributed by atoms with Crippen LogP contribution in [-0.4, -0.2) is 53.5 Å². The predicted octanol–water partition coefficient (Wildman–Crippen LogP) is 0.275. The fourth-order valence-electron chi connectivity index (χ4n) is 2.16. The lowest BCUT2D eigenvalue weighted by Crippen LogP contribution is -2.61. The molecule has 2 N–H and O–H groups in total. The zero-order valence-electron chi connectivity index (χ0n) is 10.2. The summed E-state index contributed by atoms with van der Waals surface area (Å²) < 4.78 is 0. The third-order valence-corrected chi connectivity index (χ3v) is 3.18. The van der Waals surface area contributed by atoms with Crippen LogP contribution in [0.3, 0.4) is 0 Å². The molecule has 1 unspecified atom stereocenters. The maximum Gasteiger partial charge on any atom is 0.236 e. The number of rotatable bonds is 3. The van der Waals surface area contributed by atoms with Crippen LogP contribution < -0.4 is 5.73 Å². The van der Waals surface area contributed by atoms with Gasteiger partial charge in [0.05, 0.1) is 0 Å². The van der Waals surface area contributed by atoms with Crippen LogP contribution in [0.4, 0.5) is 0 Å². The first-order chi connectivity index (χ1) is 6.93. The molecule has 4 heteroatoms. The van der Waals surface area contributed by atoms with Crippen LogP contribution in [0.5, 0.6) is 0 Å². The van der Waals surface area contributed by atoms with Crippen molar-refractivity contribution in [1.29, 1.82) is 0 Å². The second-order valence-corrected chi connectivity index (χ2v) is 4.84. The third-order valence-electron chi connectivity index (χ3n) is 3.18. The summed E-state index contributed by atoms with van der Waals surface area (Å²) in [5.41, 5.74) is 5.45. The second-order valence-electron chi connectivity index (χ2n) is 4.84. The summed E-state index contributed by atoms with van der Waals surface area (Å²) in [6, 6.07) is 0.749. The lowest BCUT2D eigenvalue weighted by Gasteiger charge is -2.43. The fourth-order valence-corrected chi connectivity index (χ4v) is 2.16. The first-order valence-electron chi connectivity index (χ1n) is 5.72. The number of carbonyl (C=O) groups excluding carboxylic acids is 1. The van der Waals surface area contributed by atoms with E-state index in [-0.39, 0.29) is 11.9 Å².